The number of para-hydroxylation sites is 1. The fourth-order valence-electron chi connectivity index (χ4n) is 2.21. The van der Waals surface area contributed by atoms with Crippen LogP contribution in [0, 0.1) is 0 Å². The number of hydrogen-bond donors (Lipinski definition) is 3. The molecule has 0 aliphatic rings. The zero-order chi connectivity index (χ0) is 16.2. The van der Waals surface area contributed by atoms with Crippen LogP contribution in [-0.4, -0.2) is 18.2 Å². The van der Waals surface area contributed by atoms with Crippen LogP contribution in [0.3, 0.4) is 0 Å². The summed E-state index contributed by atoms with van der Waals surface area (Å²) in [6.07, 6.45) is 0. The highest BCUT2D eigenvalue weighted by molar-refractivity contribution is 5.99. The standard InChI is InChI=1S/C17H20N2O3/c1-17(2,14-6-4-5-7-15(14)19-21)16(20)18-12-8-10-13(22-3)11-9-12/h4-11,19,21H,1-3H3,(H,18,20). The smallest absolute Gasteiger partial charge is 0.234 e. The Hall–Kier alpha value is -2.53. The monoisotopic (exact) mass is 300 g/mol. The number of ether oxygens (including phenoxy) is 1. The van der Waals surface area contributed by atoms with Gasteiger partial charge in [0.05, 0.1) is 18.2 Å². The third kappa shape index (κ3) is 3.20. The van der Waals surface area contributed by atoms with Crippen LogP contribution >= 0.6 is 0 Å². The van der Waals surface area contributed by atoms with Crippen LogP contribution in [0.5, 0.6) is 5.75 Å². The lowest BCUT2D eigenvalue weighted by atomic mass is 9.82. The summed E-state index contributed by atoms with van der Waals surface area (Å²) >= 11 is 0. The molecule has 0 heterocycles. The van der Waals surface area contributed by atoms with E-state index in [4.69, 9.17) is 4.74 Å². The molecule has 116 valence electrons. The Morgan fingerprint density at radius 3 is 2.32 bits per heavy atom. The zero-order valence-corrected chi connectivity index (χ0v) is 12.9. The van der Waals surface area contributed by atoms with Crippen molar-refractivity contribution in [2.75, 3.05) is 17.9 Å². The van der Waals surface area contributed by atoms with Crippen molar-refractivity contribution in [2.24, 2.45) is 0 Å². The molecule has 3 N–H and O–H groups in total. The number of nitrogens with one attached hydrogen (secondary N) is 2. The Bertz CT molecular complexity index is 651. The van der Waals surface area contributed by atoms with Crippen molar-refractivity contribution in [2.45, 2.75) is 19.3 Å². The zero-order valence-electron chi connectivity index (χ0n) is 12.9. The Labute approximate surface area is 129 Å². The third-order valence-electron chi connectivity index (χ3n) is 3.64. The molecule has 0 saturated carbocycles. The van der Waals surface area contributed by atoms with Gasteiger partial charge < -0.3 is 10.1 Å². The summed E-state index contributed by atoms with van der Waals surface area (Å²) < 4.78 is 5.09. The molecule has 0 atom stereocenters. The van der Waals surface area contributed by atoms with Crippen molar-refractivity contribution in [3.8, 4) is 5.75 Å². The van der Waals surface area contributed by atoms with E-state index in [0.29, 0.717) is 16.9 Å². The van der Waals surface area contributed by atoms with Gasteiger partial charge in [-0.15, -0.1) is 0 Å². The molecular weight excluding hydrogens is 280 g/mol. The molecule has 0 saturated heterocycles. The SMILES string of the molecule is COc1ccc(NC(=O)C(C)(C)c2ccccc2NO)cc1. The Kier molecular flexibility index (Phi) is 4.68. The number of carbonyl (C=O) groups is 1. The van der Waals surface area contributed by atoms with Gasteiger partial charge in [0, 0.05) is 5.69 Å². The van der Waals surface area contributed by atoms with E-state index in [1.54, 1.807) is 43.5 Å². The second-order valence-corrected chi connectivity index (χ2v) is 5.47. The van der Waals surface area contributed by atoms with Crippen molar-refractivity contribution in [1.82, 2.24) is 0 Å². The van der Waals surface area contributed by atoms with Gasteiger partial charge in [-0.2, -0.15) is 0 Å². The second-order valence-electron chi connectivity index (χ2n) is 5.47. The van der Waals surface area contributed by atoms with Crippen LogP contribution in [0.1, 0.15) is 19.4 Å². The lowest BCUT2D eigenvalue weighted by Gasteiger charge is -2.26. The summed E-state index contributed by atoms with van der Waals surface area (Å²) in [6.45, 7) is 3.62. The van der Waals surface area contributed by atoms with E-state index < -0.39 is 5.41 Å². The summed E-state index contributed by atoms with van der Waals surface area (Å²) in [7, 11) is 1.59. The average molecular weight is 300 g/mol. The first kappa shape index (κ1) is 15.9. The highest BCUT2D eigenvalue weighted by atomic mass is 16.5. The number of hydrogen-bond acceptors (Lipinski definition) is 4. The lowest BCUT2D eigenvalue weighted by Crippen LogP contribution is -2.35. The molecule has 0 bridgehead atoms. The Morgan fingerprint density at radius 1 is 1.09 bits per heavy atom. The van der Waals surface area contributed by atoms with E-state index in [1.807, 2.05) is 26.0 Å². The Morgan fingerprint density at radius 2 is 1.73 bits per heavy atom. The maximum atomic E-state index is 12.6. The summed E-state index contributed by atoms with van der Waals surface area (Å²) in [6, 6.07) is 14.3. The van der Waals surface area contributed by atoms with Crippen molar-refractivity contribution in [3.63, 3.8) is 0 Å². The first-order valence-corrected chi connectivity index (χ1v) is 6.94. The first-order valence-electron chi connectivity index (χ1n) is 6.94. The number of methoxy groups -OCH3 is 1. The molecule has 2 rings (SSSR count). The highest BCUT2D eigenvalue weighted by Crippen LogP contribution is 2.31. The molecule has 0 unspecified atom stereocenters. The van der Waals surface area contributed by atoms with Gasteiger partial charge in [0.2, 0.25) is 5.91 Å². The van der Waals surface area contributed by atoms with E-state index >= 15 is 0 Å². The fourth-order valence-corrected chi connectivity index (χ4v) is 2.21. The van der Waals surface area contributed by atoms with E-state index in [-0.39, 0.29) is 5.91 Å². The van der Waals surface area contributed by atoms with Crippen LogP contribution in [0.25, 0.3) is 0 Å². The molecule has 0 radical (unpaired) electrons. The third-order valence-corrected chi connectivity index (χ3v) is 3.64. The molecule has 0 aliphatic heterocycles. The van der Waals surface area contributed by atoms with Crippen molar-refractivity contribution in [3.05, 3.63) is 54.1 Å². The van der Waals surface area contributed by atoms with Gasteiger partial charge in [0.1, 0.15) is 5.75 Å². The maximum absolute atomic E-state index is 12.6. The van der Waals surface area contributed by atoms with Crippen LogP contribution in [0.2, 0.25) is 0 Å². The summed E-state index contributed by atoms with van der Waals surface area (Å²) in [4.78, 5) is 12.6. The molecule has 0 aromatic heterocycles. The van der Waals surface area contributed by atoms with E-state index in [0.717, 1.165) is 5.75 Å². The largest absolute Gasteiger partial charge is 0.497 e. The average Bonchev–Trinajstić information content (AvgIpc) is 2.55. The van der Waals surface area contributed by atoms with Crippen molar-refractivity contribution in [1.29, 1.82) is 0 Å². The minimum absolute atomic E-state index is 0.166. The lowest BCUT2D eigenvalue weighted by molar-refractivity contribution is -0.120. The van der Waals surface area contributed by atoms with Gasteiger partial charge in [-0.3, -0.25) is 15.5 Å². The fraction of sp³-hybridized carbons (Fsp3) is 0.235. The summed E-state index contributed by atoms with van der Waals surface area (Å²) in [5.74, 6) is 0.562. The predicted octanol–water partition coefficient (Wildman–Crippen LogP) is 3.41. The number of amides is 1. The minimum Gasteiger partial charge on any atom is -0.497 e. The topological polar surface area (TPSA) is 70.6 Å². The number of anilines is 2. The molecule has 2 aromatic carbocycles. The van der Waals surface area contributed by atoms with E-state index in [9.17, 15) is 10.0 Å². The molecule has 5 heteroatoms. The molecule has 2 aromatic rings. The predicted molar refractivity (Wildman–Crippen MR) is 86.5 cm³/mol. The van der Waals surface area contributed by atoms with Gasteiger partial charge in [-0.05, 0) is 49.7 Å². The van der Waals surface area contributed by atoms with Crippen molar-refractivity contribution >= 4 is 17.3 Å². The molecule has 0 spiro atoms. The van der Waals surface area contributed by atoms with Crippen LogP contribution in [0.15, 0.2) is 48.5 Å². The number of carbonyl (C=O) groups excluding carboxylic acids is 1. The first-order chi connectivity index (χ1) is 10.5. The van der Waals surface area contributed by atoms with Gasteiger partial charge in [-0.1, -0.05) is 18.2 Å². The maximum Gasteiger partial charge on any atom is 0.234 e. The molecule has 22 heavy (non-hydrogen) atoms. The molecule has 5 nitrogen and oxygen atoms in total. The van der Waals surface area contributed by atoms with Gasteiger partial charge >= 0.3 is 0 Å². The number of benzene rings is 2. The van der Waals surface area contributed by atoms with Gasteiger partial charge in [-0.25, -0.2) is 0 Å². The van der Waals surface area contributed by atoms with Crippen molar-refractivity contribution < 1.29 is 14.7 Å². The second kappa shape index (κ2) is 6.49. The van der Waals surface area contributed by atoms with E-state index in [2.05, 4.69) is 10.8 Å². The normalized spacial score (nSPS) is 10.9. The summed E-state index contributed by atoms with van der Waals surface area (Å²) in [5, 5.41) is 12.1. The minimum atomic E-state index is -0.813. The molecule has 0 fully saturated rings. The van der Waals surface area contributed by atoms with E-state index in [1.165, 1.54) is 0 Å². The summed E-state index contributed by atoms with van der Waals surface area (Å²) in [5.41, 5.74) is 3.24. The van der Waals surface area contributed by atoms with Gasteiger partial charge in [0.15, 0.2) is 0 Å². The Balaban J connectivity index is 2.22. The quantitative estimate of drug-likeness (QED) is 0.740. The van der Waals surface area contributed by atoms with Crippen LogP contribution in [-0.2, 0) is 10.2 Å². The van der Waals surface area contributed by atoms with Gasteiger partial charge in [0.25, 0.3) is 0 Å². The molecule has 0 aliphatic carbocycles. The molecular formula is C17H20N2O3. The highest BCUT2D eigenvalue weighted by Gasteiger charge is 2.32. The number of rotatable bonds is 5. The molecule has 1 amide bonds. The van der Waals surface area contributed by atoms with Crippen LogP contribution < -0.4 is 15.5 Å². The van der Waals surface area contributed by atoms with Crippen LogP contribution in [0.4, 0.5) is 11.4 Å².